The minimum Gasteiger partial charge on any atom is -0.329 e. The van der Waals surface area contributed by atoms with Crippen LogP contribution >= 0.6 is 0 Å². The lowest BCUT2D eigenvalue weighted by molar-refractivity contribution is -0.384. The van der Waals surface area contributed by atoms with E-state index >= 15 is 0 Å². The normalized spacial score (nSPS) is 10.8. The van der Waals surface area contributed by atoms with Crippen molar-refractivity contribution in [3.05, 3.63) is 64.2 Å². The molecule has 0 spiro atoms. The van der Waals surface area contributed by atoms with E-state index in [0.717, 1.165) is 24.3 Å². The number of anilines is 2. The minimum atomic E-state index is -4.47. The number of benzene rings is 2. The lowest BCUT2D eigenvalue weighted by Crippen LogP contribution is -2.35. The summed E-state index contributed by atoms with van der Waals surface area (Å²) in [7, 11) is 0. The fourth-order valence-electron chi connectivity index (χ4n) is 1.95. The summed E-state index contributed by atoms with van der Waals surface area (Å²) in [5, 5.41) is 17.5. The van der Waals surface area contributed by atoms with Gasteiger partial charge in [-0.1, -0.05) is 0 Å². The van der Waals surface area contributed by atoms with Crippen molar-refractivity contribution in [2.24, 2.45) is 0 Å². The van der Waals surface area contributed by atoms with Gasteiger partial charge in [-0.2, -0.15) is 13.2 Å². The van der Waals surface area contributed by atoms with Crippen LogP contribution in [0.25, 0.3) is 0 Å². The molecule has 0 aliphatic heterocycles. The Bertz CT molecular complexity index is 836. The standard InChI is InChI=1S/C16H13F3N4O4/c17-16(18,19)10-1-3-11(4-2-10)21-14(24)9-20-15(25)22-12-5-7-13(8-6-12)23(26)27/h1-8H,9H2,(H,21,24)(H2,20,22,25). The average Bonchev–Trinajstić information content (AvgIpc) is 2.60. The molecule has 0 heterocycles. The van der Waals surface area contributed by atoms with Gasteiger partial charge in [-0.05, 0) is 36.4 Å². The van der Waals surface area contributed by atoms with Gasteiger partial charge >= 0.3 is 12.2 Å². The lowest BCUT2D eigenvalue weighted by Gasteiger charge is -2.10. The summed E-state index contributed by atoms with van der Waals surface area (Å²) >= 11 is 0. The van der Waals surface area contributed by atoms with Crippen LogP contribution in [0.4, 0.5) is 35.0 Å². The number of amides is 3. The second-order valence-corrected chi connectivity index (χ2v) is 5.23. The summed E-state index contributed by atoms with van der Waals surface area (Å²) in [4.78, 5) is 33.3. The second-order valence-electron chi connectivity index (χ2n) is 5.23. The van der Waals surface area contributed by atoms with Gasteiger partial charge in [0.05, 0.1) is 17.0 Å². The molecular weight excluding hydrogens is 369 g/mol. The summed E-state index contributed by atoms with van der Waals surface area (Å²) < 4.78 is 37.4. The van der Waals surface area contributed by atoms with Gasteiger partial charge < -0.3 is 16.0 Å². The van der Waals surface area contributed by atoms with E-state index < -0.39 is 35.1 Å². The largest absolute Gasteiger partial charge is 0.416 e. The van der Waals surface area contributed by atoms with Gasteiger partial charge in [-0.3, -0.25) is 14.9 Å². The molecular formula is C16H13F3N4O4. The number of hydrogen-bond acceptors (Lipinski definition) is 4. The molecule has 3 amide bonds. The van der Waals surface area contributed by atoms with Crippen molar-refractivity contribution in [2.75, 3.05) is 17.2 Å². The summed E-state index contributed by atoms with van der Waals surface area (Å²) in [6.07, 6.45) is -4.47. The fraction of sp³-hybridized carbons (Fsp3) is 0.125. The Kier molecular flexibility index (Phi) is 5.96. The van der Waals surface area contributed by atoms with Crippen LogP contribution in [0.1, 0.15) is 5.56 Å². The van der Waals surface area contributed by atoms with Crippen molar-refractivity contribution in [1.29, 1.82) is 0 Å². The number of carbonyl (C=O) groups is 2. The Hall–Kier alpha value is -3.63. The lowest BCUT2D eigenvalue weighted by atomic mass is 10.2. The molecule has 0 aliphatic carbocycles. The third-order valence-corrected chi connectivity index (χ3v) is 3.24. The molecule has 0 saturated carbocycles. The summed E-state index contributed by atoms with van der Waals surface area (Å²) in [5.74, 6) is -0.645. The van der Waals surface area contributed by atoms with Crippen LogP contribution in [-0.4, -0.2) is 23.4 Å². The Morgan fingerprint density at radius 3 is 1.96 bits per heavy atom. The zero-order valence-electron chi connectivity index (χ0n) is 13.5. The highest BCUT2D eigenvalue weighted by Gasteiger charge is 2.29. The van der Waals surface area contributed by atoms with Crippen LogP contribution in [0.5, 0.6) is 0 Å². The molecule has 11 heteroatoms. The molecule has 2 rings (SSSR count). The number of nitro groups is 1. The molecule has 27 heavy (non-hydrogen) atoms. The zero-order chi connectivity index (χ0) is 20.0. The van der Waals surface area contributed by atoms with Crippen LogP contribution in [0.2, 0.25) is 0 Å². The molecule has 0 unspecified atom stereocenters. The molecule has 0 radical (unpaired) electrons. The monoisotopic (exact) mass is 382 g/mol. The number of nitro benzene ring substituents is 1. The predicted octanol–water partition coefficient (Wildman–Crippen LogP) is 3.37. The number of urea groups is 1. The Morgan fingerprint density at radius 1 is 0.926 bits per heavy atom. The van der Waals surface area contributed by atoms with Crippen LogP contribution in [0.3, 0.4) is 0 Å². The molecule has 0 saturated heterocycles. The van der Waals surface area contributed by atoms with Gasteiger partial charge in [0.25, 0.3) is 5.69 Å². The van der Waals surface area contributed by atoms with Crippen molar-refractivity contribution in [3.8, 4) is 0 Å². The van der Waals surface area contributed by atoms with Gasteiger partial charge in [0.15, 0.2) is 0 Å². The molecule has 0 fully saturated rings. The SMILES string of the molecule is O=C(CNC(=O)Nc1ccc([N+](=O)[O-])cc1)Nc1ccc(C(F)(F)F)cc1. The number of hydrogen-bond donors (Lipinski definition) is 3. The zero-order valence-corrected chi connectivity index (χ0v) is 13.5. The van der Waals surface area contributed by atoms with E-state index in [1.807, 2.05) is 0 Å². The Labute approximate surface area is 150 Å². The number of rotatable bonds is 5. The third kappa shape index (κ3) is 5.99. The maximum Gasteiger partial charge on any atom is 0.416 e. The number of halogens is 3. The molecule has 3 N–H and O–H groups in total. The van der Waals surface area contributed by atoms with E-state index in [0.29, 0.717) is 0 Å². The first-order valence-corrected chi connectivity index (χ1v) is 7.41. The van der Waals surface area contributed by atoms with Crippen molar-refractivity contribution >= 4 is 29.0 Å². The summed E-state index contributed by atoms with van der Waals surface area (Å²) in [5.41, 5.74) is -0.565. The number of non-ortho nitro benzene ring substituents is 1. The maximum absolute atomic E-state index is 12.5. The first-order chi connectivity index (χ1) is 12.6. The minimum absolute atomic E-state index is 0.142. The topological polar surface area (TPSA) is 113 Å². The van der Waals surface area contributed by atoms with Crippen LogP contribution in [-0.2, 0) is 11.0 Å². The third-order valence-electron chi connectivity index (χ3n) is 3.24. The maximum atomic E-state index is 12.5. The van der Waals surface area contributed by atoms with Crippen molar-refractivity contribution in [1.82, 2.24) is 5.32 Å². The van der Waals surface area contributed by atoms with Crippen LogP contribution < -0.4 is 16.0 Å². The van der Waals surface area contributed by atoms with E-state index in [2.05, 4.69) is 16.0 Å². The molecule has 8 nitrogen and oxygen atoms in total. The highest BCUT2D eigenvalue weighted by molar-refractivity contribution is 5.96. The van der Waals surface area contributed by atoms with Crippen LogP contribution in [0, 0.1) is 10.1 Å². The first-order valence-electron chi connectivity index (χ1n) is 7.41. The van der Waals surface area contributed by atoms with Crippen LogP contribution in [0.15, 0.2) is 48.5 Å². The number of carbonyl (C=O) groups excluding carboxylic acids is 2. The van der Waals surface area contributed by atoms with E-state index in [-0.39, 0.29) is 17.1 Å². The van der Waals surface area contributed by atoms with Gasteiger partial charge in [0.1, 0.15) is 0 Å². The Morgan fingerprint density at radius 2 is 1.44 bits per heavy atom. The number of nitrogens with zero attached hydrogens (tertiary/aromatic N) is 1. The van der Waals surface area contributed by atoms with Gasteiger partial charge in [0.2, 0.25) is 5.91 Å². The van der Waals surface area contributed by atoms with E-state index in [4.69, 9.17) is 0 Å². The Balaban J connectivity index is 1.80. The smallest absolute Gasteiger partial charge is 0.329 e. The molecule has 0 aliphatic rings. The quantitative estimate of drug-likeness (QED) is 0.543. The highest BCUT2D eigenvalue weighted by atomic mass is 19.4. The van der Waals surface area contributed by atoms with Crippen molar-refractivity contribution in [2.45, 2.75) is 6.18 Å². The van der Waals surface area contributed by atoms with Gasteiger partial charge in [0, 0.05) is 23.5 Å². The summed E-state index contributed by atoms with van der Waals surface area (Å²) in [6.45, 7) is -0.431. The molecule has 2 aromatic rings. The number of nitrogens with one attached hydrogen (secondary N) is 3. The number of alkyl halides is 3. The molecule has 0 aromatic heterocycles. The molecule has 142 valence electrons. The van der Waals surface area contributed by atoms with E-state index in [1.54, 1.807) is 0 Å². The molecule has 0 bridgehead atoms. The van der Waals surface area contributed by atoms with E-state index in [9.17, 15) is 32.9 Å². The molecule has 2 aromatic carbocycles. The fourth-order valence-corrected chi connectivity index (χ4v) is 1.95. The van der Waals surface area contributed by atoms with Crippen molar-refractivity contribution in [3.63, 3.8) is 0 Å². The summed E-state index contributed by atoms with van der Waals surface area (Å²) in [6, 6.07) is 8.15. The van der Waals surface area contributed by atoms with Gasteiger partial charge in [-0.15, -0.1) is 0 Å². The van der Waals surface area contributed by atoms with Gasteiger partial charge in [-0.25, -0.2) is 4.79 Å². The average molecular weight is 382 g/mol. The second kappa shape index (κ2) is 8.17. The van der Waals surface area contributed by atoms with E-state index in [1.165, 1.54) is 24.3 Å². The molecule has 0 atom stereocenters. The predicted molar refractivity (Wildman–Crippen MR) is 90.2 cm³/mol. The highest BCUT2D eigenvalue weighted by Crippen LogP contribution is 2.29. The van der Waals surface area contributed by atoms with Crippen molar-refractivity contribution < 1.29 is 27.7 Å². The first kappa shape index (κ1) is 19.7.